The summed E-state index contributed by atoms with van der Waals surface area (Å²) in [7, 11) is 0. The molecule has 106 valence electrons. The predicted octanol–water partition coefficient (Wildman–Crippen LogP) is 3.50. The number of halogens is 1. The fourth-order valence-electron chi connectivity index (χ4n) is 1.86. The van der Waals surface area contributed by atoms with Crippen LogP contribution in [-0.2, 0) is 6.42 Å². The van der Waals surface area contributed by atoms with E-state index in [1.54, 1.807) is 12.1 Å². The zero-order chi connectivity index (χ0) is 14.5. The second kappa shape index (κ2) is 6.17. The lowest BCUT2D eigenvalue weighted by Crippen LogP contribution is -2.01. The molecular formula is C16H13FN2O2. The number of hydrogen-bond acceptors (Lipinski definition) is 4. The van der Waals surface area contributed by atoms with Gasteiger partial charge in [-0.3, -0.25) is 0 Å². The van der Waals surface area contributed by atoms with Crippen LogP contribution < -0.4 is 4.74 Å². The highest BCUT2D eigenvalue weighted by Gasteiger charge is 2.08. The summed E-state index contributed by atoms with van der Waals surface area (Å²) >= 11 is 0. The Balaban J connectivity index is 1.58. The summed E-state index contributed by atoms with van der Waals surface area (Å²) < 4.78 is 24.0. The molecule has 0 fully saturated rings. The van der Waals surface area contributed by atoms with E-state index >= 15 is 0 Å². The molecule has 0 aliphatic rings. The van der Waals surface area contributed by atoms with Crippen molar-refractivity contribution in [2.45, 2.75) is 6.42 Å². The molecule has 0 spiro atoms. The summed E-state index contributed by atoms with van der Waals surface area (Å²) in [4.78, 5) is 0. The summed E-state index contributed by atoms with van der Waals surface area (Å²) in [5.41, 5.74) is 0.877. The molecule has 2 aromatic carbocycles. The molecule has 0 aliphatic heterocycles. The zero-order valence-electron chi connectivity index (χ0n) is 11.2. The average Bonchev–Trinajstić information content (AvgIpc) is 2.97. The van der Waals surface area contributed by atoms with Crippen molar-refractivity contribution in [3.63, 3.8) is 0 Å². The third-order valence-corrected chi connectivity index (χ3v) is 2.87. The lowest BCUT2D eigenvalue weighted by atomic mass is 10.2. The molecule has 0 atom stereocenters. The molecule has 0 amide bonds. The molecule has 0 unspecified atom stereocenters. The summed E-state index contributed by atoms with van der Waals surface area (Å²) in [6.07, 6.45) is 0.469. The maximum atomic E-state index is 13.0. The molecule has 1 aromatic heterocycles. The Labute approximate surface area is 121 Å². The van der Waals surface area contributed by atoms with E-state index in [1.165, 1.54) is 12.1 Å². The first kappa shape index (κ1) is 13.3. The van der Waals surface area contributed by atoms with Gasteiger partial charge >= 0.3 is 0 Å². The monoisotopic (exact) mass is 284 g/mol. The van der Waals surface area contributed by atoms with Crippen LogP contribution in [0.3, 0.4) is 0 Å². The van der Waals surface area contributed by atoms with Crippen molar-refractivity contribution in [3.8, 4) is 17.2 Å². The third-order valence-electron chi connectivity index (χ3n) is 2.87. The van der Waals surface area contributed by atoms with Gasteiger partial charge in [0.15, 0.2) is 0 Å². The van der Waals surface area contributed by atoms with Gasteiger partial charge in [-0.05, 0) is 24.3 Å². The Bertz CT molecular complexity index is 713. The Hall–Kier alpha value is -2.69. The molecule has 3 rings (SSSR count). The summed E-state index contributed by atoms with van der Waals surface area (Å²) in [5, 5.41) is 7.96. The molecule has 0 saturated heterocycles. The van der Waals surface area contributed by atoms with Crippen molar-refractivity contribution in [1.29, 1.82) is 0 Å². The number of ether oxygens (including phenoxy) is 1. The minimum absolute atomic E-state index is 0.323. The van der Waals surface area contributed by atoms with Crippen LogP contribution in [0.2, 0.25) is 0 Å². The fourth-order valence-corrected chi connectivity index (χ4v) is 1.86. The number of aromatic nitrogens is 2. The number of nitrogens with zero attached hydrogens (tertiary/aromatic N) is 2. The molecule has 4 nitrogen and oxygen atoms in total. The Morgan fingerprint density at radius 2 is 1.86 bits per heavy atom. The number of hydrogen-bond donors (Lipinski definition) is 0. The normalized spacial score (nSPS) is 10.5. The van der Waals surface area contributed by atoms with Gasteiger partial charge in [0.1, 0.15) is 11.6 Å². The van der Waals surface area contributed by atoms with E-state index < -0.39 is 0 Å². The van der Waals surface area contributed by atoms with Gasteiger partial charge in [0.2, 0.25) is 11.8 Å². The maximum Gasteiger partial charge on any atom is 0.247 e. The van der Waals surface area contributed by atoms with Crippen LogP contribution in [0.1, 0.15) is 5.89 Å². The van der Waals surface area contributed by atoms with Gasteiger partial charge in [0.25, 0.3) is 0 Å². The minimum Gasteiger partial charge on any atom is -0.493 e. The molecule has 21 heavy (non-hydrogen) atoms. The summed E-state index contributed by atoms with van der Waals surface area (Å²) in [5.74, 6) is 1.14. The molecule has 0 aliphatic carbocycles. The number of benzene rings is 2. The van der Waals surface area contributed by atoms with Gasteiger partial charge in [0.05, 0.1) is 13.0 Å². The topological polar surface area (TPSA) is 48.2 Å². The van der Waals surface area contributed by atoms with Crippen molar-refractivity contribution in [3.05, 3.63) is 66.3 Å². The van der Waals surface area contributed by atoms with Gasteiger partial charge < -0.3 is 9.15 Å². The fraction of sp³-hybridized carbons (Fsp3) is 0.125. The van der Waals surface area contributed by atoms with Crippen molar-refractivity contribution in [2.75, 3.05) is 6.61 Å². The lowest BCUT2D eigenvalue weighted by Gasteiger charge is -2.03. The Morgan fingerprint density at radius 1 is 1.00 bits per heavy atom. The van der Waals surface area contributed by atoms with E-state index in [1.807, 2.05) is 30.3 Å². The van der Waals surface area contributed by atoms with Gasteiger partial charge in [-0.15, -0.1) is 10.2 Å². The lowest BCUT2D eigenvalue weighted by molar-refractivity contribution is 0.305. The van der Waals surface area contributed by atoms with E-state index in [-0.39, 0.29) is 5.82 Å². The highest BCUT2D eigenvalue weighted by atomic mass is 19.1. The number of rotatable bonds is 5. The molecule has 0 radical (unpaired) electrons. The molecule has 3 aromatic rings. The molecule has 0 N–H and O–H groups in total. The molecule has 0 saturated carbocycles. The quantitative estimate of drug-likeness (QED) is 0.719. The highest BCUT2D eigenvalue weighted by molar-refractivity contribution is 5.51. The second-order valence-corrected chi connectivity index (χ2v) is 4.42. The Morgan fingerprint density at radius 3 is 2.67 bits per heavy atom. The van der Waals surface area contributed by atoms with Gasteiger partial charge in [-0.25, -0.2) is 4.39 Å². The SMILES string of the molecule is Fc1cccc(OCCc2nnc(-c3ccccc3)o2)c1. The molecule has 0 bridgehead atoms. The van der Waals surface area contributed by atoms with Crippen molar-refractivity contribution < 1.29 is 13.5 Å². The van der Waals surface area contributed by atoms with Crippen LogP contribution in [0.15, 0.2) is 59.0 Å². The standard InChI is InChI=1S/C16H13FN2O2/c17-13-7-4-8-14(11-13)20-10-9-15-18-19-16(21-15)12-5-2-1-3-6-12/h1-8,11H,9-10H2. The van der Waals surface area contributed by atoms with Crippen LogP contribution in [0, 0.1) is 5.82 Å². The molecule has 5 heteroatoms. The highest BCUT2D eigenvalue weighted by Crippen LogP contribution is 2.17. The van der Waals surface area contributed by atoms with E-state index in [2.05, 4.69) is 10.2 Å². The van der Waals surface area contributed by atoms with E-state index in [4.69, 9.17) is 9.15 Å². The smallest absolute Gasteiger partial charge is 0.247 e. The largest absolute Gasteiger partial charge is 0.493 e. The van der Waals surface area contributed by atoms with Gasteiger partial charge in [0, 0.05) is 11.6 Å². The van der Waals surface area contributed by atoms with Gasteiger partial charge in [-0.1, -0.05) is 24.3 Å². The van der Waals surface area contributed by atoms with Crippen LogP contribution >= 0.6 is 0 Å². The summed E-state index contributed by atoms with van der Waals surface area (Å²) in [6, 6.07) is 15.6. The third kappa shape index (κ3) is 3.45. The van der Waals surface area contributed by atoms with Crippen LogP contribution in [0.4, 0.5) is 4.39 Å². The first-order valence-corrected chi connectivity index (χ1v) is 6.57. The first-order valence-electron chi connectivity index (χ1n) is 6.57. The average molecular weight is 284 g/mol. The van der Waals surface area contributed by atoms with Crippen molar-refractivity contribution in [2.24, 2.45) is 0 Å². The Kier molecular flexibility index (Phi) is 3.91. The predicted molar refractivity (Wildman–Crippen MR) is 75.3 cm³/mol. The van der Waals surface area contributed by atoms with Crippen molar-refractivity contribution >= 4 is 0 Å². The van der Waals surface area contributed by atoms with Crippen LogP contribution in [0.25, 0.3) is 11.5 Å². The molecule has 1 heterocycles. The second-order valence-electron chi connectivity index (χ2n) is 4.42. The van der Waals surface area contributed by atoms with Crippen molar-refractivity contribution in [1.82, 2.24) is 10.2 Å². The summed E-state index contributed by atoms with van der Waals surface area (Å²) in [6.45, 7) is 0.347. The van der Waals surface area contributed by atoms with E-state index in [0.717, 1.165) is 5.56 Å². The maximum absolute atomic E-state index is 13.0. The van der Waals surface area contributed by atoms with E-state index in [9.17, 15) is 4.39 Å². The van der Waals surface area contributed by atoms with Crippen LogP contribution in [-0.4, -0.2) is 16.8 Å². The van der Waals surface area contributed by atoms with E-state index in [0.29, 0.717) is 30.6 Å². The van der Waals surface area contributed by atoms with Gasteiger partial charge in [-0.2, -0.15) is 0 Å². The molecular weight excluding hydrogens is 271 g/mol. The van der Waals surface area contributed by atoms with Crippen LogP contribution in [0.5, 0.6) is 5.75 Å². The minimum atomic E-state index is -0.323. The first-order chi connectivity index (χ1) is 10.3. The zero-order valence-corrected chi connectivity index (χ0v) is 11.2.